The van der Waals surface area contributed by atoms with Gasteiger partial charge in [0.05, 0.1) is 12.2 Å². The molecule has 3 N–H and O–H groups in total. The van der Waals surface area contributed by atoms with Crippen LogP contribution in [-0.4, -0.2) is 53.6 Å². The average molecular weight is 618 g/mol. The topological polar surface area (TPSA) is 114 Å². The number of nitrogens with one attached hydrogen (secondary N) is 1. The molecule has 8 heteroatoms. The molecule has 1 heterocycles. The quantitative estimate of drug-likeness (QED) is 0.207. The number of phenols is 1. The van der Waals surface area contributed by atoms with Crippen LogP contribution in [-0.2, 0) is 31.2 Å². The van der Waals surface area contributed by atoms with Crippen LogP contribution in [0.4, 0.5) is 0 Å². The van der Waals surface area contributed by atoms with Gasteiger partial charge in [0.15, 0.2) is 0 Å². The van der Waals surface area contributed by atoms with Crippen LogP contribution >= 0.6 is 0 Å². The van der Waals surface area contributed by atoms with Crippen molar-refractivity contribution in [2.24, 2.45) is 0 Å². The number of para-hydroxylation sites is 1. The number of carbonyl (C=O) groups is 2. The second-order valence-electron chi connectivity index (χ2n) is 11.2. The van der Waals surface area contributed by atoms with Gasteiger partial charge in [-0.2, -0.15) is 0 Å². The number of hydrogen-bond acceptors (Lipinski definition) is 7. The molecule has 2 aliphatic rings. The maximum absolute atomic E-state index is 13.5. The van der Waals surface area contributed by atoms with E-state index in [1.165, 1.54) is 0 Å². The molecule has 0 aromatic heterocycles. The third kappa shape index (κ3) is 6.65. The van der Waals surface area contributed by atoms with Crippen LogP contribution < -0.4 is 5.32 Å². The molecule has 0 saturated carbocycles. The van der Waals surface area contributed by atoms with Crippen molar-refractivity contribution in [3.8, 4) is 5.75 Å². The summed E-state index contributed by atoms with van der Waals surface area (Å²) >= 11 is 0. The van der Waals surface area contributed by atoms with Crippen LogP contribution in [0.2, 0.25) is 0 Å². The number of aliphatic hydroxyl groups excluding tert-OH is 1. The Hall–Kier alpha value is -5.02. The molecule has 234 valence electrons. The van der Waals surface area contributed by atoms with E-state index in [4.69, 9.17) is 14.2 Å². The molecule has 46 heavy (non-hydrogen) atoms. The van der Waals surface area contributed by atoms with Gasteiger partial charge in [0.25, 0.3) is 0 Å². The highest BCUT2D eigenvalue weighted by Crippen LogP contribution is 2.47. The zero-order chi connectivity index (χ0) is 31.9. The number of esters is 1. The first-order valence-electron chi connectivity index (χ1n) is 15.3. The first-order valence-corrected chi connectivity index (χ1v) is 15.3. The molecule has 4 aromatic carbocycles. The molecule has 1 aliphatic heterocycles. The van der Waals surface area contributed by atoms with Crippen LogP contribution in [0, 0.1) is 0 Å². The molecular weight excluding hydrogens is 582 g/mol. The zero-order valence-electron chi connectivity index (χ0n) is 25.1. The number of rotatable bonds is 10. The Morgan fingerprint density at radius 3 is 2.17 bits per heavy atom. The van der Waals surface area contributed by atoms with Crippen molar-refractivity contribution in [2.75, 3.05) is 13.2 Å². The lowest BCUT2D eigenvalue weighted by Crippen LogP contribution is -2.43. The summed E-state index contributed by atoms with van der Waals surface area (Å²) < 4.78 is 19.5. The van der Waals surface area contributed by atoms with Crippen molar-refractivity contribution in [3.05, 3.63) is 155 Å². The monoisotopic (exact) mass is 617 g/mol. The molecular formula is C38H35NO7. The fourth-order valence-corrected chi connectivity index (χ4v) is 5.82. The number of amides is 1. The lowest BCUT2D eigenvalue weighted by molar-refractivity contribution is -0.157. The lowest BCUT2D eigenvalue weighted by Gasteiger charge is -2.31. The highest BCUT2D eigenvalue weighted by molar-refractivity contribution is 5.94. The summed E-state index contributed by atoms with van der Waals surface area (Å²) in [5.41, 5.74) is 3.99. The predicted molar refractivity (Wildman–Crippen MR) is 173 cm³/mol. The Morgan fingerprint density at radius 2 is 1.52 bits per heavy atom. The Bertz CT molecular complexity index is 1680. The number of ether oxygens (including phenoxy) is 3. The van der Waals surface area contributed by atoms with Gasteiger partial charge >= 0.3 is 5.97 Å². The van der Waals surface area contributed by atoms with Gasteiger partial charge < -0.3 is 29.7 Å². The van der Waals surface area contributed by atoms with Gasteiger partial charge in [-0.25, -0.2) is 4.79 Å². The van der Waals surface area contributed by atoms with Crippen LogP contribution in [0.25, 0.3) is 6.08 Å². The summed E-state index contributed by atoms with van der Waals surface area (Å²) in [6.07, 6.45) is 4.05. The minimum atomic E-state index is -1.29. The summed E-state index contributed by atoms with van der Waals surface area (Å²) in [5, 5.41) is 21.9. The Morgan fingerprint density at radius 1 is 0.870 bits per heavy atom. The van der Waals surface area contributed by atoms with Crippen molar-refractivity contribution < 1.29 is 34.0 Å². The molecule has 0 unspecified atom stereocenters. The normalized spacial score (nSPS) is 20.1. The van der Waals surface area contributed by atoms with E-state index >= 15 is 0 Å². The number of allylic oxidation sites excluding steroid dienone is 1. The Balaban J connectivity index is 1.24. The summed E-state index contributed by atoms with van der Waals surface area (Å²) in [5.74, 6) is -1.96. The largest absolute Gasteiger partial charge is 0.508 e. The maximum atomic E-state index is 13.5. The minimum absolute atomic E-state index is 0.0946. The van der Waals surface area contributed by atoms with E-state index in [1.54, 1.807) is 30.3 Å². The summed E-state index contributed by atoms with van der Waals surface area (Å²) in [4.78, 5) is 26.5. The van der Waals surface area contributed by atoms with Gasteiger partial charge in [0, 0.05) is 29.7 Å². The van der Waals surface area contributed by atoms with Gasteiger partial charge in [0.1, 0.15) is 24.1 Å². The van der Waals surface area contributed by atoms with E-state index in [-0.39, 0.29) is 31.2 Å². The van der Waals surface area contributed by atoms with Crippen molar-refractivity contribution >= 4 is 18.0 Å². The van der Waals surface area contributed by atoms with E-state index < -0.39 is 30.1 Å². The van der Waals surface area contributed by atoms with E-state index in [0.29, 0.717) is 17.6 Å². The second kappa shape index (κ2) is 14.0. The van der Waals surface area contributed by atoms with Crippen LogP contribution in [0.1, 0.15) is 39.0 Å². The molecule has 0 radical (unpaired) electrons. The maximum Gasteiger partial charge on any atom is 0.338 e. The average Bonchev–Trinajstić information content (AvgIpc) is 3.50. The molecule has 0 spiro atoms. The summed E-state index contributed by atoms with van der Waals surface area (Å²) in [6.45, 7) is -0.106. The van der Waals surface area contributed by atoms with Crippen molar-refractivity contribution in [3.63, 3.8) is 0 Å². The van der Waals surface area contributed by atoms with E-state index in [2.05, 4.69) is 5.32 Å². The highest BCUT2D eigenvalue weighted by Gasteiger charge is 2.54. The first kappa shape index (κ1) is 31.0. The number of carbonyl (C=O) groups excluding carboxylic acids is 2. The standard InChI is InChI=1S/C38H35NO7/c40-23-22-39-36(42)29-24-33(44-37(43)28-20-18-26(19-21-28)10-9-12-27-11-7-8-17-32(27)41)35-34(25-29)45-38(46-35,30-13-3-1-4-14-30)31-15-5-2-6-16-31/h1-11,13-21,25,33-35,40-41H,12,22-24H2,(H,39,42)/t33-,34-,35+/m1/s1. The first-order chi connectivity index (χ1) is 22.5. The SMILES string of the molecule is O=C(NCCO)C1=C[C@H]2OC(c3ccccc3)(c3ccccc3)O[C@H]2[C@H](OC(=O)c2ccc(C=CCc3ccccc3O)cc2)C1. The summed E-state index contributed by atoms with van der Waals surface area (Å²) in [6, 6.07) is 33.3. The number of aromatic hydroxyl groups is 1. The number of benzene rings is 4. The van der Waals surface area contributed by atoms with Gasteiger partial charge in [-0.3, -0.25) is 4.79 Å². The summed E-state index contributed by atoms with van der Waals surface area (Å²) in [7, 11) is 0. The van der Waals surface area contributed by atoms with Gasteiger partial charge in [0.2, 0.25) is 11.7 Å². The van der Waals surface area contributed by atoms with E-state index in [1.807, 2.05) is 97.1 Å². The fraction of sp³-hybridized carbons (Fsp3) is 0.211. The number of phenolic OH excluding ortho intramolecular Hbond substituents is 1. The minimum Gasteiger partial charge on any atom is -0.508 e. The Labute approximate surface area is 267 Å². The number of fused-ring (bicyclic) bond motifs is 1. The predicted octanol–water partition coefficient (Wildman–Crippen LogP) is 5.30. The smallest absolute Gasteiger partial charge is 0.338 e. The van der Waals surface area contributed by atoms with Crippen molar-refractivity contribution in [2.45, 2.75) is 36.9 Å². The Kier molecular flexibility index (Phi) is 9.40. The highest BCUT2D eigenvalue weighted by atomic mass is 16.8. The van der Waals surface area contributed by atoms with E-state index in [0.717, 1.165) is 22.3 Å². The third-order valence-electron chi connectivity index (χ3n) is 8.12. The molecule has 0 bridgehead atoms. The fourth-order valence-electron chi connectivity index (χ4n) is 5.82. The third-order valence-corrected chi connectivity index (χ3v) is 8.12. The molecule has 1 amide bonds. The van der Waals surface area contributed by atoms with E-state index in [9.17, 15) is 19.8 Å². The van der Waals surface area contributed by atoms with Gasteiger partial charge in [-0.05, 0) is 41.8 Å². The molecule has 1 aliphatic carbocycles. The number of aliphatic hydroxyl groups is 1. The van der Waals surface area contributed by atoms with Crippen LogP contribution in [0.3, 0.4) is 0 Å². The molecule has 1 saturated heterocycles. The molecule has 8 nitrogen and oxygen atoms in total. The van der Waals surface area contributed by atoms with Gasteiger partial charge in [-0.1, -0.05) is 103 Å². The van der Waals surface area contributed by atoms with Gasteiger partial charge in [-0.15, -0.1) is 0 Å². The van der Waals surface area contributed by atoms with Crippen LogP contribution in [0.15, 0.2) is 127 Å². The zero-order valence-corrected chi connectivity index (χ0v) is 25.1. The number of hydrogen-bond donors (Lipinski definition) is 3. The van der Waals surface area contributed by atoms with Crippen LogP contribution in [0.5, 0.6) is 5.75 Å². The molecule has 4 aromatic rings. The van der Waals surface area contributed by atoms with Crippen molar-refractivity contribution in [1.82, 2.24) is 5.32 Å². The lowest BCUT2D eigenvalue weighted by atomic mass is 9.91. The second-order valence-corrected chi connectivity index (χ2v) is 11.2. The molecule has 1 fully saturated rings. The molecule has 3 atom stereocenters. The molecule has 6 rings (SSSR count). The van der Waals surface area contributed by atoms with Crippen molar-refractivity contribution in [1.29, 1.82) is 0 Å².